The van der Waals surface area contributed by atoms with Crippen molar-refractivity contribution in [3.8, 4) is 11.6 Å². The number of aromatic nitrogens is 2. The van der Waals surface area contributed by atoms with Crippen LogP contribution < -0.4 is 4.74 Å². The zero-order valence-electron chi connectivity index (χ0n) is 12.7. The van der Waals surface area contributed by atoms with Crippen LogP contribution in [0.5, 0.6) is 11.6 Å². The third-order valence-electron chi connectivity index (χ3n) is 3.69. The van der Waals surface area contributed by atoms with Crippen molar-refractivity contribution in [1.82, 2.24) is 10.2 Å². The number of halogens is 1. The van der Waals surface area contributed by atoms with Gasteiger partial charge in [0, 0.05) is 23.7 Å². The van der Waals surface area contributed by atoms with E-state index in [4.69, 9.17) is 4.74 Å². The lowest BCUT2D eigenvalue weighted by Crippen LogP contribution is -1.98. The molecule has 0 amide bonds. The van der Waals surface area contributed by atoms with E-state index in [2.05, 4.69) is 10.2 Å². The normalized spacial score (nSPS) is 10.7. The second-order valence-corrected chi connectivity index (χ2v) is 5.36. The largest absolute Gasteiger partial charge is 0.492 e. The molecule has 4 nitrogen and oxygen atoms in total. The Bertz CT molecular complexity index is 781. The van der Waals surface area contributed by atoms with Crippen LogP contribution in [0, 0.1) is 12.7 Å². The molecule has 0 fully saturated rings. The van der Waals surface area contributed by atoms with Crippen LogP contribution in [0.4, 0.5) is 4.39 Å². The Labute approximate surface area is 133 Å². The molecule has 0 unspecified atom stereocenters. The van der Waals surface area contributed by atoms with Gasteiger partial charge in [-0.3, -0.25) is 5.10 Å². The molecule has 23 heavy (non-hydrogen) atoms. The number of benzene rings is 2. The summed E-state index contributed by atoms with van der Waals surface area (Å²) in [5, 5.41) is 16.0. The summed E-state index contributed by atoms with van der Waals surface area (Å²) in [6.45, 7) is 2.18. The Morgan fingerprint density at radius 1 is 1.17 bits per heavy atom. The van der Waals surface area contributed by atoms with Gasteiger partial charge in [-0.2, -0.15) is 0 Å². The molecule has 1 aromatic heterocycles. The van der Waals surface area contributed by atoms with Gasteiger partial charge in [0.25, 0.3) is 0 Å². The van der Waals surface area contributed by atoms with Crippen molar-refractivity contribution >= 4 is 0 Å². The lowest BCUT2D eigenvalue weighted by molar-refractivity contribution is 0.304. The summed E-state index contributed by atoms with van der Waals surface area (Å²) in [5.74, 6) is 0.0186. The van der Waals surface area contributed by atoms with Crippen molar-refractivity contribution < 1.29 is 14.2 Å². The average molecular weight is 312 g/mol. The van der Waals surface area contributed by atoms with E-state index in [0.29, 0.717) is 23.5 Å². The van der Waals surface area contributed by atoms with Gasteiger partial charge in [0.1, 0.15) is 18.2 Å². The van der Waals surface area contributed by atoms with Crippen LogP contribution in [-0.4, -0.2) is 15.3 Å². The van der Waals surface area contributed by atoms with Gasteiger partial charge < -0.3 is 9.84 Å². The van der Waals surface area contributed by atoms with E-state index in [0.717, 1.165) is 11.3 Å². The molecular weight excluding hydrogens is 295 g/mol. The highest BCUT2D eigenvalue weighted by Gasteiger charge is 2.13. The number of H-pyrrole nitrogens is 1. The lowest BCUT2D eigenvalue weighted by Gasteiger charge is -2.09. The third-order valence-corrected chi connectivity index (χ3v) is 3.69. The molecule has 2 aromatic carbocycles. The predicted molar refractivity (Wildman–Crippen MR) is 85.0 cm³/mol. The minimum absolute atomic E-state index is 0.0914. The number of aromatic hydroxyl groups is 1. The summed E-state index contributed by atoms with van der Waals surface area (Å²) in [7, 11) is 0. The molecule has 0 radical (unpaired) electrons. The van der Waals surface area contributed by atoms with Gasteiger partial charge in [0.15, 0.2) is 0 Å². The Morgan fingerprint density at radius 2 is 1.96 bits per heavy atom. The van der Waals surface area contributed by atoms with E-state index in [1.54, 1.807) is 19.1 Å². The van der Waals surface area contributed by atoms with Gasteiger partial charge in [-0.1, -0.05) is 36.4 Å². The molecule has 3 rings (SSSR count). The molecule has 0 aliphatic carbocycles. The smallest absolute Gasteiger partial charge is 0.233 e. The van der Waals surface area contributed by atoms with Crippen LogP contribution in [0.3, 0.4) is 0 Å². The quantitative estimate of drug-likeness (QED) is 0.754. The highest BCUT2D eigenvalue weighted by molar-refractivity contribution is 5.37. The van der Waals surface area contributed by atoms with Crippen LogP contribution >= 0.6 is 0 Å². The van der Waals surface area contributed by atoms with Crippen molar-refractivity contribution in [2.24, 2.45) is 0 Å². The van der Waals surface area contributed by atoms with Gasteiger partial charge in [-0.05, 0) is 24.1 Å². The fraction of sp³-hybridized carbons (Fsp3) is 0.167. The van der Waals surface area contributed by atoms with Crippen molar-refractivity contribution in [3.63, 3.8) is 0 Å². The van der Waals surface area contributed by atoms with Gasteiger partial charge in [0.2, 0.25) is 5.88 Å². The fourth-order valence-corrected chi connectivity index (χ4v) is 2.34. The molecule has 2 N–H and O–H groups in total. The summed E-state index contributed by atoms with van der Waals surface area (Å²) in [5.41, 5.74) is 2.83. The van der Waals surface area contributed by atoms with Crippen LogP contribution in [-0.2, 0) is 13.0 Å². The Morgan fingerprint density at radius 3 is 2.61 bits per heavy atom. The minimum Gasteiger partial charge on any atom is -0.492 e. The highest BCUT2D eigenvalue weighted by Crippen LogP contribution is 2.24. The standard InChI is InChI=1S/C18H17FN2O2/c1-12-16(18(22)21-20-12)9-14-7-8-15(10-17(14)19)23-11-13-5-3-2-4-6-13/h2-8,10H,9,11H2,1H3,(H2,20,21,22). The van der Waals surface area contributed by atoms with E-state index >= 15 is 0 Å². The maximum Gasteiger partial charge on any atom is 0.233 e. The van der Waals surface area contributed by atoms with Crippen LogP contribution in [0.1, 0.15) is 22.4 Å². The monoisotopic (exact) mass is 312 g/mol. The number of nitrogens with zero attached hydrogens (tertiary/aromatic N) is 1. The van der Waals surface area contributed by atoms with E-state index in [1.807, 2.05) is 30.3 Å². The van der Waals surface area contributed by atoms with E-state index in [-0.39, 0.29) is 18.1 Å². The van der Waals surface area contributed by atoms with Crippen molar-refractivity contribution in [1.29, 1.82) is 0 Å². The third kappa shape index (κ3) is 3.51. The molecule has 0 aliphatic heterocycles. The van der Waals surface area contributed by atoms with Crippen molar-refractivity contribution in [2.45, 2.75) is 20.0 Å². The minimum atomic E-state index is -0.365. The van der Waals surface area contributed by atoms with Gasteiger partial charge in [-0.15, -0.1) is 5.10 Å². The number of hydrogen-bond acceptors (Lipinski definition) is 3. The fourth-order valence-electron chi connectivity index (χ4n) is 2.34. The number of nitrogens with one attached hydrogen (secondary N) is 1. The zero-order valence-corrected chi connectivity index (χ0v) is 12.7. The second kappa shape index (κ2) is 6.52. The van der Waals surface area contributed by atoms with Gasteiger partial charge in [-0.25, -0.2) is 4.39 Å². The van der Waals surface area contributed by atoms with Gasteiger partial charge in [0.05, 0.1) is 0 Å². The van der Waals surface area contributed by atoms with Crippen molar-refractivity contribution in [3.05, 3.63) is 76.7 Å². The number of ether oxygens (including phenoxy) is 1. The molecule has 1 heterocycles. The SMILES string of the molecule is Cc1[nH]nc(O)c1Cc1ccc(OCc2ccccc2)cc1F. The summed E-state index contributed by atoms with van der Waals surface area (Å²) < 4.78 is 19.8. The molecule has 5 heteroatoms. The van der Waals surface area contributed by atoms with Gasteiger partial charge >= 0.3 is 0 Å². The summed E-state index contributed by atoms with van der Waals surface area (Å²) in [4.78, 5) is 0. The molecule has 0 aliphatic rings. The molecule has 0 spiro atoms. The molecule has 3 aromatic rings. The lowest BCUT2D eigenvalue weighted by atomic mass is 10.0. The summed E-state index contributed by atoms with van der Waals surface area (Å²) in [6, 6.07) is 14.5. The van der Waals surface area contributed by atoms with Crippen LogP contribution in [0.15, 0.2) is 48.5 Å². The van der Waals surface area contributed by atoms with E-state index in [1.165, 1.54) is 6.07 Å². The van der Waals surface area contributed by atoms with Crippen LogP contribution in [0.25, 0.3) is 0 Å². The topological polar surface area (TPSA) is 58.1 Å². The summed E-state index contributed by atoms with van der Waals surface area (Å²) in [6.07, 6.45) is 0.277. The molecule has 0 saturated carbocycles. The number of aromatic amines is 1. The molecule has 118 valence electrons. The average Bonchev–Trinajstić information content (AvgIpc) is 2.88. The van der Waals surface area contributed by atoms with E-state index < -0.39 is 0 Å². The molecule has 0 atom stereocenters. The Hall–Kier alpha value is -2.82. The first kappa shape index (κ1) is 15.1. The maximum absolute atomic E-state index is 14.2. The first-order valence-corrected chi connectivity index (χ1v) is 7.31. The zero-order chi connectivity index (χ0) is 16.2. The highest BCUT2D eigenvalue weighted by atomic mass is 19.1. The molecule has 0 bridgehead atoms. The van der Waals surface area contributed by atoms with Crippen molar-refractivity contribution in [2.75, 3.05) is 0 Å². The first-order chi connectivity index (χ1) is 11.1. The first-order valence-electron chi connectivity index (χ1n) is 7.31. The Kier molecular flexibility index (Phi) is 4.28. The number of aryl methyl sites for hydroxylation is 1. The molecule has 0 saturated heterocycles. The predicted octanol–water partition coefficient (Wildman–Crippen LogP) is 3.73. The van der Waals surface area contributed by atoms with Crippen LogP contribution in [0.2, 0.25) is 0 Å². The second-order valence-electron chi connectivity index (χ2n) is 5.36. The number of rotatable bonds is 5. The number of hydrogen-bond donors (Lipinski definition) is 2. The maximum atomic E-state index is 14.2. The Balaban J connectivity index is 1.71. The van der Waals surface area contributed by atoms with E-state index in [9.17, 15) is 9.50 Å². The molecular formula is C18H17FN2O2. The summed E-state index contributed by atoms with van der Waals surface area (Å²) >= 11 is 0.